The zero-order valence-electron chi connectivity index (χ0n) is 16.4. The highest BCUT2D eigenvalue weighted by Crippen LogP contribution is 2.24. The average Bonchev–Trinajstić information content (AvgIpc) is 3.06. The zero-order chi connectivity index (χ0) is 19.4. The van der Waals surface area contributed by atoms with Gasteiger partial charge in [-0.15, -0.1) is 0 Å². The fourth-order valence-electron chi connectivity index (χ4n) is 3.05. The van der Waals surface area contributed by atoms with Gasteiger partial charge in [-0.05, 0) is 43.0 Å². The SMILES string of the molecule is CCOC(=O)Cc1nc(C(C)C)cn1-c1ccc(-c2cccc(C)c2)cc1. The molecule has 1 aromatic heterocycles. The standard InChI is InChI=1S/C23H26N2O2/c1-5-27-23(26)14-22-24-21(16(2)3)15-25(22)20-11-9-18(10-12-20)19-8-6-7-17(4)13-19/h6-13,15-16H,5,14H2,1-4H3. The second-order valence-corrected chi connectivity index (χ2v) is 7.00. The second kappa shape index (κ2) is 8.21. The van der Waals surface area contributed by atoms with E-state index in [0.29, 0.717) is 18.3 Å². The zero-order valence-corrected chi connectivity index (χ0v) is 16.4. The number of hydrogen-bond donors (Lipinski definition) is 0. The molecule has 4 heteroatoms. The number of rotatable bonds is 6. The van der Waals surface area contributed by atoms with E-state index in [-0.39, 0.29) is 12.4 Å². The fourth-order valence-corrected chi connectivity index (χ4v) is 3.05. The lowest BCUT2D eigenvalue weighted by molar-refractivity contribution is -0.142. The van der Waals surface area contributed by atoms with E-state index in [1.54, 1.807) is 0 Å². The van der Waals surface area contributed by atoms with Crippen LogP contribution in [0, 0.1) is 6.92 Å². The molecule has 0 saturated heterocycles. The van der Waals surface area contributed by atoms with E-state index in [9.17, 15) is 4.79 Å². The Kier molecular flexibility index (Phi) is 5.75. The Morgan fingerprint density at radius 1 is 1.11 bits per heavy atom. The lowest BCUT2D eigenvalue weighted by atomic mass is 10.0. The van der Waals surface area contributed by atoms with Crippen molar-refractivity contribution in [3.8, 4) is 16.8 Å². The van der Waals surface area contributed by atoms with Crippen LogP contribution in [0.3, 0.4) is 0 Å². The van der Waals surface area contributed by atoms with Gasteiger partial charge in [0, 0.05) is 11.9 Å². The van der Waals surface area contributed by atoms with Crippen molar-refractivity contribution in [2.75, 3.05) is 6.61 Å². The maximum atomic E-state index is 12.0. The van der Waals surface area contributed by atoms with Crippen molar-refractivity contribution < 1.29 is 9.53 Å². The summed E-state index contributed by atoms with van der Waals surface area (Å²) in [4.78, 5) is 16.6. The molecule has 0 aliphatic carbocycles. The van der Waals surface area contributed by atoms with E-state index in [4.69, 9.17) is 4.74 Å². The minimum absolute atomic E-state index is 0.167. The molecule has 0 fully saturated rings. The van der Waals surface area contributed by atoms with E-state index in [2.05, 4.69) is 74.3 Å². The first-order valence-corrected chi connectivity index (χ1v) is 9.39. The van der Waals surface area contributed by atoms with Gasteiger partial charge in [-0.1, -0.05) is 55.8 Å². The van der Waals surface area contributed by atoms with Crippen molar-refractivity contribution in [2.24, 2.45) is 0 Å². The molecule has 3 rings (SSSR count). The van der Waals surface area contributed by atoms with Crippen LogP contribution in [0.1, 0.15) is 43.8 Å². The Morgan fingerprint density at radius 2 is 1.85 bits per heavy atom. The van der Waals surface area contributed by atoms with Gasteiger partial charge < -0.3 is 9.30 Å². The summed E-state index contributed by atoms with van der Waals surface area (Å²) in [6.45, 7) is 8.48. The number of carbonyl (C=O) groups excluding carboxylic acids is 1. The molecular weight excluding hydrogens is 336 g/mol. The highest BCUT2D eigenvalue weighted by Gasteiger charge is 2.16. The van der Waals surface area contributed by atoms with Gasteiger partial charge in [-0.3, -0.25) is 4.79 Å². The Bertz CT molecular complexity index is 924. The number of imidazole rings is 1. The molecule has 0 bridgehead atoms. The molecule has 0 saturated carbocycles. The van der Waals surface area contributed by atoms with E-state index in [1.165, 1.54) is 16.7 Å². The maximum Gasteiger partial charge on any atom is 0.313 e. The first-order chi connectivity index (χ1) is 13.0. The lowest BCUT2D eigenvalue weighted by Gasteiger charge is -2.09. The fraction of sp³-hybridized carbons (Fsp3) is 0.304. The summed E-state index contributed by atoms with van der Waals surface area (Å²) in [7, 11) is 0. The number of esters is 1. The Balaban J connectivity index is 1.93. The summed E-state index contributed by atoms with van der Waals surface area (Å²) >= 11 is 0. The van der Waals surface area contributed by atoms with Crippen molar-refractivity contribution in [1.82, 2.24) is 9.55 Å². The quantitative estimate of drug-likeness (QED) is 0.575. The van der Waals surface area contributed by atoms with Crippen molar-refractivity contribution >= 4 is 5.97 Å². The molecule has 2 aromatic carbocycles. The number of nitrogens with zero attached hydrogens (tertiary/aromatic N) is 2. The minimum Gasteiger partial charge on any atom is -0.466 e. The van der Waals surface area contributed by atoms with Crippen LogP contribution in [0.4, 0.5) is 0 Å². The monoisotopic (exact) mass is 362 g/mol. The first-order valence-electron chi connectivity index (χ1n) is 9.39. The van der Waals surface area contributed by atoms with Crippen LogP contribution in [0.5, 0.6) is 0 Å². The highest BCUT2D eigenvalue weighted by molar-refractivity contribution is 5.72. The van der Waals surface area contributed by atoms with Crippen molar-refractivity contribution in [3.05, 3.63) is 71.8 Å². The number of aromatic nitrogens is 2. The summed E-state index contributed by atoms with van der Waals surface area (Å²) in [5.74, 6) is 0.746. The van der Waals surface area contributed by atoms with Gasteiger partial charge in [0.1, 0.15) is 12.2 Å². The molecule has 4 nitrogen and oxygen atoms in total. The Labute approximate surface area is 160 Å². The van der Waals surface area contributed by atoms with Crippen LogP contribution in [-0.4, -0.2) is 22.1 Å². The third-order valence-corrected chi connectivity index (χ3v) is 4.49. The van der Waals surface area contributed by atoms with E-state index >= 15 is 0 Å². The van der Waals surface area contributed by atoms with Gasteiger partial charge in [0.05, 0.1) is 12.3 Å². The minimum atomic E-state index is -0.254. The Hall–Kier alpha value is -2.88. The summed E-state index contributed by atoms with van der Waals surface area (Å²) in [6.07, 6.45) is 2.18. The van der Waals surface area contributed by atoms with Gasteiger partial charge >= 0.3 is 5.97 Å². The molecule has 0 aliphatic heterocycles. The van der Waals surface area contributed by atoms with Crippen LogP contribution in [0.15, 0.2) is 54.7 Å². The molecule has 27 heavy (non-hydrogen) atoms. The van der Waals surface area contributed by atoms with Gasteiger partial charge in [-0.25, -0.2) is 4.98 Å². The van der Waals surface area contributed by atoms with Gasteiger partial charge in [0.2, 0.25) is 0 Å². The van der Waals surface area contributed by atoms with Crippen LogP contribution >= 0.6 is 0 Å². The molecule has 0 amide bonds. The molecular formula is C23H26N2O2. The lowest BCUT2D eigenvalue weighted by Crippen LogP contribution is -2.11. The van der Waals surface area contributed by atoms with E-state index in [1.807, 2.05) is 17.7 Å². The molecule has 0 atom stereocenters. The van der Waals surface area contributed by atoms with E-state index < -0.39 is 0 Å². The summed E-state index contributed by atoms with van der Waals surface area (Å²) in [6, 6.07) is 16.8. The highest BCUT2D eigenvalue weighted by atomic mass is 16.5. The largest absolute Gasteiger partial charge is 0.466 e. The predicted octanol–water partition coefficient (Wildman–Crippen LogP) is 5.08. The van der Waals surface area contributed by atoms with Gasteiger partial charge in [-0.2, -0.15) is 0 Å². The van der Waals surface area contributed by atoms with Crippen molar-refractivity contribution in [3.63, 3.8) is 0 Å². The van der Waals surface area contributed by atoms with Crippen molar-refractivity contribution in [2.45, 2.75) is 40.0 Å². The average molecular weight is 362 g/mol. The Morgan fingerprint density at radius 3 is 2.48 bits per heavy atom. The summed E-state index contributed by atoms with van der Waals surface area (Å²) in [5, 5.41) is 0. The summed E-state index contributed by atoms with van der Waals surface area (Å²) < 4.78 is 7.09. The second-order valence-electron chi connectivity index (χ2n) is 7.00. The molecule has 0 N–H and O–H groups in total. The third kappa shape index (κ3) is 4.45. The molecule has 0 unspecified atom stereocenters. The van der Waals surface area contributed by atoms with Crippen molar-refractivity contribution in [1.29, 1.82) is 0 Å². The normalized spacial score (nSPS) is 11.0. The maximum absolute atomic E-state index is 12.0. The van der Waals surface area contributed by atoms with Crippen LogP contribution in [0.25, 0.3) is 16.8 Å². The topological polar surface area (TPSA) is 44.1 Å². The van der Waals surface area contributed by atoms with Crippen LogP contribution in [0.2, 0.25) is 0 Å². The first kappa shape index (κ1) is 18.9. The number of hydrogen-bond acceptors (Lipinski definition) is 3. The van der Waals surface area contributed by atoms with Crippen LogP contribution in [-0.2, 0) is 16.0 Å². The van der Waals surface area contributed by atoms with Gasteiger partial charge in [0.15, 0.2) is 0 Å². The smallest absolute Gasteiger partial charge is 0.313 e. The number of ether oxygens (including phenoxy) is 1. The molecule has 0 spiro atoms. The number of aryl methyl sites for hydroxylation is 1. The molecule has 1 heterocycles. The van der Waals surface area contributed by atoms with E-state index in [0.717, 1.165) is 11.4 Å². The number of benzene rings is 2. The molecule has 3 aromatic rings. The number of carbonyl (C=O) groups is 1. The summed E-state index contributed by atoms with van der Waals surface area (Å²) in [5.41, 5.74) is 5.56. The molecule has 0 aliphatic rings. The predicted molar refractivity (Wildman–Crippen MR) is 108 cm³/mol. The third-order valence-electron chi connectivity index (χ3n) is 4.49. The van der Waals surface area contributed by atoms with Crippen LogP contribution < -0.4 is 0 Å². The van der Waals surface area contributed by atoms with Gasteiger partial charge in [0.25, 0.3) is 0 Å². The molecule has 140 valence electrons. The molecule has 0 radical (unpaired) electrons.